The van der Waals surface area contributed by atoms with Crippen molar-refractivity contribution in [1.29, 1.82) is 0 Å². The van der Waals surface area contributed by atoms with Gasteiger partial charge < -0.3 is 10.5 Å². The molecule has 0 heterocycles. The van der Waals surface area contributed by atoms with E-state index in [1.165, 1.54) is 6.07 Å². The van der Waals surface area contributed by atoms with E-state index in [9.17, 15) is 13.6 Å². The number of carbonyl (C=O) groups excluding carboxylic acids is 1. The normalized spacial score (nSPS) is 12.7. The number of rotatable bonds is 4. The number of anilines is 1. The topological polar surface area (TPSA) is 55.6 Å². The maximum atomic E-state index is 14.2. The molecule has 3 aromatic carbocycles. The number of ether oxygens (including phenoxy) is 1. The first-order chi connectivity index (χ1) is 16.2. The first-order valence-electron chi connectivity index (χ1n) is 10.5. The zero-order valence-corrected chi connectivity index (χ0v) is 20.5. The number of amides is 1. The van der Waals surface area contributed by atoms with Gasteiger partial charge in [-0.05, 0) is 97.9 Å². The van der Waals surface area contributed by atoms with Gasteiger partial charge in [-0.3, -0.25) is 9.69 Å². The molecule has 0 aliphatic heterocycles. The van der Waals surface area contributed by atoms with Gasteiger partial charge in [0.2, 0.25) is 0 Å². The Bertz CT molecular complexity index is 1270. The molecule has 3 aromatic rings. The van der Waals surface area contributed by atoms with Crippen LogP contribution >= 0.6 is 35.4 Å². The summed E-state index contributed by atoms with van der Waals surface area (Å²) in [6.07, 6.45) is 3.83. The second-order valence-corrected chi connectivity index (χ2v) is 9.19. The third kappa shape index (κ3) is 4.60. The number of hydrogen-bond acceptors (Lipinski definition) is 3. The molecular formula is C25H20Cl2F2N2O2S. The summed E-state index contributed by atoms with van der Waals surface area (Å²) in [4.78, 5) is 13.8. The number of fused-ring (bicyclic) bond motifs is 1. The minimum Gasteiger partial charge on any atom is -0.455 e. The fourth-order valence-corrected chi connectivity index (χ4v) is 4.89. The van der Waals surface area contributed by atoms with E-state index in [0.29, 0.717) is 22.1 Å². The molecule has 1 amide bonds. The van der Waals surface area contributed by atoms with Gasteiger partial charge in [0.1, 0.15) is 28.7 Å². The van der Waals surface area contributed by atoms with Crippen molar-refractivity contribution in [2.24, 2.45) is 5.73 Å². The van der Waals surface area contributed by atoms with Crippen LogP contribution in [0.3, 0.4) is 0 Å². The van der Waals surface area contributed by atoms with Gasteiger partial charge in [0.05, 0.1) is 10.7 Å². The van der Waals surface area contributed by atoms with Crippen LogP contribution in [-0.4, -0.2) is 11.0 Å². The number of carbonyl (C=O) groups is 1. The van der Waals surface area contributed by atoms with Crippen LogP contribution in [0.25, 0.3) is 0 Å². The van der Waals surface area contributed by atoms with E-state index >= 15 is 0 Å². The van der Waals surface area contributed by atoms with E-state index in [-0.39, 0.29) is 15.8 Å². The minimum atomic E-state index is -1.04. The van der Waals surface area contributed by atoms with Crippen molar-refractivity contribution >= 4 is 52.1 Å². The highest BCUT2D eigenvalue weighted by Gasteiger charge is 2.28. The number of aryl methyl sites for hydroxylation is 1. The standard InChI is InChI=1S/C25H20Cl2F2N2O2S/c1-13-11-14(31(25(30)34)24(32)22-19(28)7-4-8-20(22)29)12-18(27)23(13)33-21-10-9-17(26)15-5-2-3-6-16(15)21/h4,7-12H,2-3,5-6H2,1H3,(H2,30,34). The largest absolute Gasteiger partial charge is 0.455 e. The third-order valence-corrected chi connectivity index (χ3v) is 6.54. The van der Waals surface area contributed by atoms with E-state index < -0.39 is 23.1 Å². The van der Waals surface area contributed by atoms with Crippen molar-refractivity contribution < 1.29 is 18.3 Å². The van der Waals surface area contributed by atoms with Crippen molar-refractivity contribution in [3.8, 4) is 11.5 Å². The van der Waals surface area contributed by atoms with Gasteiger partial charge in [0, 0.05) is 5.02 Å². The van der Waals surface area contributed by atoms with Gasteiger partial charge in [-0.15, -0.1) is 0 Å². The number of nitrogens with two attached hydrogens (primary N) is 1. The van der Waals surface area contributed by atoms with Crippen LogP contribution in [-0.2, 0) is 12.8 Å². The Hall–Kier alpha value is -2.74. The lowest BCUT2D eigenvalue weighted by atomic mass is 9.91. The molecule has 2 N–H and O–H groups in total. The highest BCUT2D eigenvalue weighted by molar-refractivity contribution is 7.80. The Morgan fingerprint density at radius 3 is 2.29 bits per heavy atom. The molecule has 4 nitrogen and oxygen atoms in total. The van der Waals surface area contributed by atoms with Crippen molar-refractivity contribution in [3.63, 3.8) is 0 Å². The first-order valence-corrected chi connectivity index (χ1v) is 11.7. The lowest BCUT2D eigenvalue weighted by Gasteiger charge is -2.24. The molecule has 0 spiro atoms. The molecule has 4 rings (SSSR count). The average molecular weight is 521 g/mol. The van der Waals surface area contributed by atoms with Gasteiger partial charge in [-0.2, -0.15) is 0 Å². The second-order valence-electron chi connectivity index (χ2n) is 7.96. The Kier molecular flexibility index (Phi) is 7.07. The third-order valence-electron chi connectivity index (χ3n) is 5.72. The van der Waals surface area contributed by atoms with E-state index in [0.717, 1.165) is 59.9 Å². The van der Waals surface area contributed by atoms with Crippen molar-refractivity contribution in [2.75, 3.05) is 4.90 Å². The maximum absolute atomic E-state index is 14.2. The van der Waals surface area contributed by atoms with Crippen molar-refractivity contribution in [1.82, 2.24) is 0 Å². The van der Waals surface area contributed by atoms with Gasteiger partial charge in [-0.1, -0.05) is 29.3 Å². The molecule has 34 heavy (non-hydrogen) atoms. The summed E-state index contributed by atoms with van der Waals surface area (Å²) in [7, 11) is 0. The Balaban J connectivity index is 1.72. The average Bonchev–Trinajstić information content (AvgIpc) is 2.77. The van der Waals surface area contributed by atoms with Crippen molar-refractivity contribution in [2.45, 2.75) is 32.6 Å². The van der Waals surface area contributed by atoms with E-state index in [2.05, 4.69) is 0 Å². The zero-order chi connectivity index (χ0) is 24.6. The van der Waals surface area contributed by atoms with Gasteiger partial charge in [-0.25, -0.2) is 8.78 Å². The molecule has 1 aliphatic carbocycles. The molecule has 0 saturated heterocycles. The molecule has 176 valence electrons. The fourth-order valence-electron chi connectivity index (χ4n) is 4.13. The molecule has 0 bridgehead atoms. The first kappa shape index (κ1) is 24.4. The minimum absolute atomic E-state index is 0.160. The van der Waals surface area contributed by atoms with Crippen LogP contribution in [0.1, 0.15) is 39.9 Å². The highest BCUT2D eigenvalue weighted by atomic mass is 35.5. The van der Waals surface area contributed by atoms with E-state index in [1.807, 2.05) is 6.07 Å². The van der Waals surface area contributed by atoms with Crippen LogP contribution in [0.15, 0.2) is 42.5 Å². The summed E-state index contributed by atoms with van der Waals surface area (Å²) in [5.74, 6) is -2.05. The van der Waals surface area contributed by atoms with Crippen LogP contribution in [0.5, 0.6) is 11.5 Å². The summed E-state index contributed by atoms with van der Waals surface area (Å²) in [5.41, 5.74) is 7.86. The Morgan fingerprint density at radius 1 is 1.03 bits per heavy atom. The summed E-state index contributed by atoms with van der Waals surface area (Å²) < 4.78 is 34.7. The van der Waals surface area contributed by atoms with Gasteiger partial charge in [0.15, 0.2) is 5.11 Å². The van der Waals surface area contributed by atoms with E-state index in [1.54, 1.807) is 19.1 Å². The summed E-state index contributed by atoms with van der Waals surface area (Å²) >= 11 is 17.9. The molecule has 9 heteroatoms. The number of thiocarbonyl (C=S) groups is 1. The number of nitrogens with zero attached hydrogens (tertiary/aromatic N) is 1. The van der Waals surface area contributed by atoms with Crippen LogP contribution in [0, 0.1) is 18.6 Å². The van der Waals surface area contributed by atoms with Crippen LogP contribution in [0.4, 0.5) is 14.5 Å². The zero-order valence-electron chi connectivity index (χ0n) is 18.1. The predicted octanol–water partition coefficient (Wildman–Crippen LogP) is 7.14. The Morgan fingerprint density at radius 2 is 1.68 bits per heavy atom. The summed E-state index contributed by atoms with van der Waals surface area (Å²) in [5, 5.41) is 0.507. The monoisotopic (exact) mass is 520 g/mol. The number of benzene rings is 3. The molecule has 0 aromatic heterocycles. The molecular weight excluding hydrogens is 501 g/mol. The summed E-state index contributed by atoms with van der Waals surface area (Å²) in [6.45, 7) is 1.74. The van der Waals surface area contributed by atoms with Crippen molar-refractivity contribution in [3.05, 3.63) is 86.4 Å². The molecule has 0 atom stereocenters. The smallest absolute Gasteiger partial charge is 0.270 e. The molecule has 0 unspecified atom stereocenters. The quantitative estimate of drug-likeness (QED) is 0.371. The molecule has 0 fully saturated rings. The Labute approximate surface area is 211 Å². The lowest BCUT2D eigenvalue weighted by Crippen LogP contribution is -2.41. The maximum Gasteiger partial charge on any atom is 0.270 e. The second kappa shape index (κ2) is 9.86. The van der Waals surface area contributed by atoms with Crippen LogP contribution in [0.2, 0.25) is 10.0 Å². The van der Waals surface area contributed by atoms with Gasteiger partial charge >= 0.3 is 0 Å². The molecule has 0 saturated carbocycles. The SMILES string of the molecule is Cc1cc(N(C(=O)c2c(F)cccc2F)C(N)=S)cc(Cl)c1Oc1ccc(Cl)c2c1CCCC2. The number of halogens is 4. The highest BCUT2D eigenvalue weighted by Crippen LogP contribution is 2.41. The predicted molar refractivity (Wildman–Crippen MR) is 134 cm³/mol. The van der Waals surface area contributed by atoms with Gasteiger partial charge in [0.25, 0.3) is 5.91 Å². The number of hydrogen-bond donors (Lipinski definition) is 1. The lowest BCUT2D eigenvalue weighted by molar-refractivity contribution is 0.0994. The summed E-state index contributed by atoms with van der Waals surface area (Å²) in [6, 6.07) is 9.72. The molecule has 0 radical (unpaired) electrons. The molecule has 1 aliphatic rings. The fraction of sp³-hybridized carbons (Fsp3) is 0.200. The van der Waals surface area contributed by atoms with Crippen LogP contribution < -0.4 is 15.4 Å². The van der Waals surface area contributed by atoms with E-state index in [4.69, 9.17) is 45.9 Å².